The second-order valence-corrected chi connectivity index (χ2v) is 3.92. The van der Waals surface area contributed by atoms with Gasteiger partial charge in [-0.3, -0.25) is 4.98 Å². The number of rotatable bonds is 3. The van der Waals surface area contributed by atoms with Gasteiger partial charge in [-0.1, -0.05) is 0 Å². The average molecular weight is 243 g/mol. The molecule has 0 aliphatic rings. The summed E-state index contributed by atoms with van der Waals surface area (Å²) >= 11 is 0. The fraction of sp³-hybridized carbons (Fsp3) is 0.0769. The van der Waals surface area contributed by atoms with Crippen molar-refractivity contribution in [1.29, 1.82) is 0 Å². The largest absolute Gasteiger partial charge is 0.478 e. The summed E-state index contributed by atoms with van der Waals surface area (Å²) < 4.78 is 0. The molecule has 4 N–H and O–H groups in total. The summed E-state index contributed by atoms with van der Waals surface area (Å²) in [7, 11) is 0. The maximum Gasteiger partial charge on any atom is 0.337 e. The summed E-state index contributed by atoms with van der Waals surface area (Å²) in [4.78, 5) is 15.2. The number of aromatic nitrogens is 1. The van der Waals surface area contributed by atoms with Crippen molar-refractivity contribution in [2.75, 3.05) is 11.1 Å². The van der Waals surface area contributed by atoms with Gasteiger partial charge in [0, 0.05) is 11.4 Å². The van der Waals surface area contributed by atoms with Crippen LogP contribution in [0.2, 0.25) is 0 Å². The Hall–Kier alpha value is -2.56. The van der Waals surface area contributed by atoms with E-state index in [9.17, 15) is 4.79 Å². The SMILES string of the molecule is Cc1ccc(Nc2ccc(N)cc2C(=O)O)cn1. The topological polar surface area (TPSA) is 88.2 Å². The number of benzene rings is 1. The Labute approximate surface area is 104 Å². The first-order valence-electron chi connectivity index (χ1n) is 5.39. The molecule has 5 nitrogen and oxygen atoms in total. The molecule has 0 amide bonds. The van der Waals surface area contributed by atoms with Crippen molar-refractivity contribution in [3.63, 3.8) is 0 Å². The van der Waals surface area contributed by atoms with Crippen LogP contribution in [0.1, 0.15) is 16.1 Å². The summed E-state index contributed by atoms with van der Waals surface area (Å²) in [5.74, 6) is -1.02. The van der Waals surface area contributed by atoms with Crippen LogP contribution < -0.4 is 11.1 Å². The van der Waals surface area contributed by atoms with Crippen LogP contribution in [0.5, 0.6) is 0 Å². The van der Waals surface area contributed by atoms with Gasteiger partial charge < -0.3 is 16.2 Å². The minimum Gasteiger partial charge on any atom is -0.478 e. The quantitative estimate of drug-likeness (QED) is 0.720. The molecule has 0 saturated heterocycles. The minimum atomic E-state index is -1.02. The van der Waals surface area contributed by atoms with Gasteiger partial charge in [0.2, 0.25) is 0 Å². The molecule has 18 heavy (non-hydrogen) atoms. The van der Waals surface area contributed by atoms with Crippen LogP contribution in [-0.4, -0.2) is 16.1 Å². The predicted molar refractivity (Wildman–Crippen MR) is 70.1 cm³/mol. The smallest absolute Gasteiger partial charge is 0.337 e. The van der Waals surface area contributed by atoms with Crippen LogP contribution in [0.4, 0.5) is 17.1 Å². The highest BCUT2D eigenvalue weighted by atomic mass is 16.4. The Morgan fingerprint density at radius 2 is 2.11 bits per heavy atom. The summed E-state index contributed by atoms with van der Waals surface area (Å²) in [6.45, 7) is 1.88. The minimum absolute atomic E-state index is 0.135. The van der Waals surface area contributed by atoms with Crippen molar-refractivity contribution in [3.05, 3.63) is 47.8 Å². The Balaban J connectivity index is 2.34. The zero-order chi connectivity index (χ0) is 13.1. The number of nitrogens with zero attached hydrogens (tertiary/aromatic N) is 1. The predicted octanol–water partition coefficient (Wildman–Crippen LogP) is 2.41. The highest BCUT2D eigenvalue weighted by Crippen LogP contribution is 2.22. The lowest BCUT2D eigenvalue weighted by atomic mass is 10.1. The number of hydrogen-bond donors (Lipinski definition) is 3. The first-order valence-corrected chi connectivity index (χ1v) is 5.39. The van der Waals surface area contributed by atoms with Crippen molar-refractivity contribution in [1.82, 2.24) is 4.98 Å². The third-order valence-electron chi connectivity index (χ3n) is 2.46. The van der Waals surface area contributed by atoms with Gasteiger partial charge in [-0.2, -0.15) is 0 Å². The molecule has 1 aromatic carbocycles. The normalized spacial score (nSPS) is 10.1. The number of nitrogen functional groups attached to an aromatic ring is 1. The highest BCUT2D eigenvalue weighted by Gasteiger charge is 2.10. The van der Waals surface area contributed by atoms with Crippen molar-refractivity contribution in [2.24, 2.45) is 0 Å². The van der Waals surface area contributed by atoms with E-state index >= 15 is 0 Å². The Morgan fingerprint density at radius 3 is 2.72 bits per heavy atom. The number of aryl methyl sites for hydroxylation is 1. The van der Waals surface area contributed by atoms with E-state index in [1.807, 2.05) is 19.1 Å². The molecule has 92 valence electrons. The van der Waals surface area contributed by atoms with E-state index < -0.39 is 5.97 Å². The zero-order valence-corrected chi connectivity index (χ0v) is 9.84. The second-order valence-electron chi connectivity index (χ2n) is 3.92. The summed E-state index contributed by atoms with van der Waals surface area (Å²) in [5, 5.41) is 12.1. The highest BCUT2D eigenvalue weighted by molar-refractivity contribution is 5.96. The lowest BCUT2D eigenvalue weighted by Crippen LogP contribution is -2.04. The molecule has 2 rings (SSSR count). The molecule has 0 saturated carbocycles. The Kier molecular flexibility index (Phi) is 3.14. The molecule has 0 fully saturated rings. The van der Waals surface area contributed by atoms with Gasteiger partial charge in [0.25, 0.3) is 0 Å². The number of carboxylic acids is 1. The van der Waals surface area contributed by atoms with E-state index in [1.165, 1.54) is 6.07 Å². The van der Waals surface area contributed by atoms with Gasteiger partial charge >= 0.3 is 5.97 Å². The lowest BCUT2D eigenvalue weighted by molar-refractivity contribution is 0.0698. The van der Waals surface area contributed by atoms with Crippen LogP contribution in [0.25, 0.3) is 0 Å². The maximum atomic E-state index is 11.1. The molecule has 0 spiro atoms. The number of nitrogens with two attached hydrogens (primary N) is 1. The summed E-state index contributed by atoms with van der Waals surface area (Å²) in [5.41, 5.74) is 8.24. The number of pyridine rings is 1. The molecular formula is C13H13N3O2. The molecule has 0 radical (unpaired) electrons. The number of hydrogen-bond acceptors (Lipinski definition) is 4. The molecule has 0 atom stereocenters. The maximum absolute atomic E-state index is 11.1. The van der Waals surface area contributed by atoms with Crippen molar-refractivity contribution >= 4 is 23.0 Å². The van der Waals surface area contributed by atoms with Crippen molar-refractivity contribution in [2.45, 2.75) is 6.92 Å². The van der Waals surface area contributed by atoms with Crippen LogP contribution in [0, 0.1) is 6.92 Å². The first-order chi connectivity index (χ1) is 8.56. The fourth-order valence-electron chi connectivity index (χ4n) is 1.55. The monoisotopic (exact) mass is 243 g/mol. The van der Waals surface area contributed by atoms with E-state index in [0.717, 1.165) is 11.4 Å². The van der Waals surface area contributed by atoms with Crippen LogP contribution in [0.3, 0.4) is 0 Å². The van der Waals surface area contributed by atoms with E-state index in [0.29, 0.717) is 11.4 Å². The third kappa shape index (κ3) is 2.57. The number of carboxylic acid groups (broad SMARTS) is 1. The Morgan fingerprint density at radius 1 is 1.33 bits per heavy atom. The van der Waals surface area contributed by atoms with Gasteiger partial charge in [-0.05, 0) is 37.3 Å². The fourth-order valence-corrected chi connectivity index (χ4v) is 1.55. The van der Waals surface area contributed by atoms with E-state index in [-0.39, 0.29) is 5.56 Å². The van der Waals surface area contributed by atoms with Gasteiger partial charge in [-0.15, -0.1) is 0 Å². The van der Waals surface area contributed by atoms with Gasteiger partial charge in [0.15, 0.2) is 0 Å². The average Bonchev–Trinajstić information content (AvgIpc) is 2.34. The Bertz CT molecular complexity index is 579. The van der Waals surface area contributed by atoms with E-state index in [2.05, 4.69) is 10.3 Å². The standard InChI is InChI=1S/C13H13N3O2/c1-8-2-4-10(7-15-8)16-12-5-3-9(14)6-11(12)13(17)18/h2-7,16H,14H2,1H3,(H,17,18). The molecule has 0 bridgehead atoms. The van der Waals surface area contributed by atoms with Crippen LogP contribution in [0.15, 0.2) is 36.5 Å². The summed E-state index contributed by atoms with van der Waals surface area (Å²) in [6, 6.07) is 8.39. The molecular weight excluding hydrogens is 230 g/mol. The van der Waals surface area contributed by atoms with Crippen molar-refractivity contribution in [3.8, 4) is 0 Å². The lowest BCUT2D eigenvalue weighted by Gasteiger charge is -2.10. The molecule has 0 aliphatic heterocycles. The van der Waals surface area contributed by atoms with E-state index in [1.54, 1.807) is 18.3 Å². The molecule has 5 heteroatoms. The van der Waals surface area contributed by atoms with Gasteiger partial charge in [0.05, 0.1) is 23.1 Å². The van der Waals surface area contributed by atoms with Crippen LogP contribution >= 0.6 is 0 Å². The second kappa shape index (κ2) is 4.75. The molecule has 2 aromatic rings. The number of anilines is 3. The van der Waals surface area contributed by atoms with E-state index in [4.69, 9.17) is 10.8 Å². The van der Waals surface area contributed by atoms with Crippen LogP contribution in [-0.2, 0) is 0 Å². The van der Waals surface area contributed by atoms with Crippen molar-refractivity contribution < 1.29 is 9.90 Å². The zero-order valence-electron chi connectivity index (χ0n) is 9.84. The number of aromatic carboxylic acids is 1. The molecule has 1 aromatic heterocycles. The summed E-state index contributed by atoms with van der Waals surface area (Å²) in [6.07, 6.45) is 1.65. The van der Waals surface area contributed by atoms with Gasteiger partial charge in [0.1, 0.15) is 0 Å². The number of nitrogens with one attached hydrogen (secondary N) is 1. The molecule has 0 aliphatic carbocycles. The third-order valence-corrected chi connectivity index (χ3v) is 2.46. The number of carbonyl (C=O) groups is 1. The first kappa shape index (κ1) is 11.9. The van der Waals surface area contributed by atoms with Gasteiger partial charge in [-0.25, -0.2) is 4.79 Å². The molecule has 0 unspecified atom stereocenters. The molecule has 1 heterocycles.